The van der Waals surface area contributed by atoms with Gasteiger partial charge in [-0.15, -0.1) is 0 Å². The summed E-state index contributed by atoms with van der Waals surface area (Å²) in [5, 5.41) is 7.58. The van der Waals surface area contributed by atoms with Crippen molar-refractivity contribution in [2.24, 2.45) is 5.92 Å². The van der Waals surface area contributed by atoms with E-state index in [1.165, 1.54) is 0 Å². The lowest BCUT2D eigenvalue weighted by atomic mass is 10.1. The van der Waals surface area contributed by atoms with E-state index in [1.54, 1.807) is 0 Å². The quantitative estimate of drug-likeness (QED) is 0.919. The number of nitrogens with one attached hydrogen (secondary N) is 1. The summed E-state index contributed by atoms with van der Waals surface area (Å²) >= 11 is 0. The van der Waals surface area contributed by atoms with Gasteiger partial charge in [0.1, 0.15) is 0 Å². The maximum Gasteiger partial charge on any atom is 0.227 e. The Morgan fingerprint density at radius 3 is 2.72 bits per heavy atom. The minimum atomic E-state index is 0.109. The number of amides is 2. The number of carbonyl (C=O) groups excluding carboxylic acids is 2. The van der Waals surface area contributed by atoms with Crippen LogP contribution in [0.2, 0.25) is 0 Å². The van der Waals surface area contributed by atoms with Crippen molar-refractivity contribution in [3.05, 3.63) is 47.3 Å². The molecule has 2 aromatic rings. The van der Waals surface area contributed by atoms with Crippen molar-refractivity contribution in [2.75, 3.05) is 13.1 Å². The first-order chi connectivity index (χ1) is 12.0. The van der Waals surface area contributed by atoms with Gasteiger partial charge >= 0.3 is 0 Å². The molecule has 0 aliphatic carbocycles. The van der Waals surface area contributed by atoms with Crippen molar-refractivity contribution in [2.45, 2.75) is 32.7 Å². The van der Waals surface area contributed by atoms with Gasteiger partial charge in [0.05, 0.1) is 23.8 Å². The van der Waals surface area contributed by atoms with Crippen LogP contribution in [0.5, 0.6) is 0 Å². The third-order valence-corrected chi connectivity index (χ3v) is 5.36. The molecule has 130 valence electrons. The summed E-state index contributed by atoms with van der Waals surface area (Å²) in [5.41, 5.74) is 3.89. The molecule has 0 bridgehead atoms. The second kappa shape index (κ2) is 6.02. The number of fused-ring (bicyclic) bond motifs is 1. The van der Waals surface area contributed by atoms with Crippen molar-refractivity contribution in [1.82, 2.24) is 20.0 Å². The molecule has 2 amide bonds. The van der Waals surface area contributed by atoms with Crippen LogP contribution in [-0.2, 0) is 16.0 Å². The maximum atomic E-state index is 12.8. The van der Waals surface area contributed by atoms with Gasteiger partial charge in [-0.3, -0.25) is 9.59 Å². The minimum Gasteiger partial charge on any atom is -0.351 e. The normalized spacial score (nSPS) is 22.2. The smallest absolute Gasteiger partial charge is 0.227 e. The standard InChI is InChI=1S/C19H22N4O2/c1-12-16(13(2)23(21-12)15-6-4-3-5-7-15)9-19(25)22-10-14-8-18(24)20-17(14)11-22/h3-7,14,17H,8-11H2,1-2H3,(H,20,24)/t14-,17+/m0/s1. The van der Waals surface area contributed by atoms with Gasteiger partial charge in [0.25, 0.3) is 0 Å². The van der Waals surface area contributed by atoms with E-state index in [-0.39, 0.29) is 23.8 Å². The second-order valence-corrected chi connectivity index (χ2v) is 7.01. The number of para-hydroxylation sites is 1. The van der Waals surface area contributed by atoms with E-state index in [4.69, 9.17) is 0 Å². The number of likely N-dealkylation sites (tertiary alicyclic amines) is 1. The van der Waals surface area contributed by atoms with Crippen molar-refractivity contribution in [3.63, 3.8) is 0 Å². The Bertz CT molecular complexity index is 811. The number of aryl methyl sites for hydroxylation is 1. The van der Waals surface area contributed by atoms with Crippen LogP contribution in [0, 0.1) is 19.8 Å². The van der Waals surface area contributed by atoms with E-state index in [0.717, 1.165) is 22.6 Å². The Labute approximate surface area is 146 Å². The molecule has 1 aromatic carbocycles. The fourth-order valence-electron chi connectivity index (χ4n) is 3.96. The molecule has 2 aliphatic heterocycles. The number of hydrogen-bond donors (Lipinski definition) is 1. The molecule has 0 radical (unpaired) electrons. The summed E-state index contributed by atoms with van der Waals surface area (Å²) in [5.74, 6) is 0.492. The topological polar surface area (TPSA) is 67.2 Å². The molecule has 2 aliphatic rings. The lowest BCUT2D eigenvalue weighted by Gasteiger charge is -2.17. The molecule has 25 heavy (non-hydrogen) atoms. The predicted octanol–water partition coefficient (Wildman–Crippen LogP) is 1.38. The number of nitrogens with zero attached hydrogens (tertiary/aromatic N) is 3. The van der Waals surface area contributed by atoms with E-state index in [0.29, 0.717) is 25.9 Å². The molecule has 2 atom stereocenters. The highest BCUT2D eigenvalue weighted by atomic mass is 16.2. The summed E-state index contributed by atoms with van der Waals surface area (Å²) in [6, 6.07) is 10.1. The molecule has 0 unspecified atom stereocenters. The number of rotatable bonds is 3. The molecule has 1 N–H and O–H groups in total. The van der Waals surface area contributed by atoms with E-state index >= 15 is 0 Å². The van der Waals surface area contributed by atoms with Gasteiger partial charge in [-0.25, -0.2) is 4.68 Å². The van der Waals surface area contributed by atoms with E-state index in [9.17, 15) is 9.59 Å². The molecule has 4 rings (SSSR count). The number of benzene rings is 1. The van der Waals surface area contributed by atoms with Crippen LogP contribution in [0.15, 0.2) is 30.3 Å². The molecule has 0 spiro atoms. The average Bonchev–Trinajstić information content (AvgIpc) is 3.22. The fraction of sp³-hybridized carbons (Fsp3) is 0.421. The van der Waals surface area contributed by atoms with Gasteiger partial charge in [-0.05, 0) is 26.0 Å². The van der Waals surface area contributed by atoms with Gasteiger partial charge in [0, 0.05) is 36.7 Å². The summed E-state index contributed by atoms with van der Waals surface area (Å²) < 4.78 is 1.90. The first kappa shape index (κ1) is 15.9. The third-order valence-electron chi connectivity index (χ3n) is 5.36. The monoisotopic (exact) mass is 338 g/mol. The number of aromatic nitrogens is 2. The van der Waals surface area contributed by atoms with Gasteiger partial charge in [0.15, 0.2) is 0 Å². The summed E-state index contributed by atoms with van der Waals surface area (Å²) in [7, 11) is 0. The van der Waals surface area contributed by atoms with Crippen LogP contribution in [0.3, 0.4) is 0 Å². The minimum absolute atomic E-state index is 0.109. The van der Waals surface area contributed by atoms with Gasteiger partial charge in [0.2, 0.25) is 11.8 Å². The van der Waals surface area contributed by atoms with Crippen molar-refractivity contribution in [1.29, 1.82) is 0 Å². The summed E-state index contributed by atoms with van der Waals surface area (Å²) in [6.45, 7) is 5.26. The van der Waals surface area contributed by atoms with Crippen LogP contribution in [0.1, 0.15) is 23.4 Å². The number of carbonyl (C=O) groups is 2. The molecule has 2 saturated heterocycles. The third kappa shape index (κ3) is 2.81. The van der Waals surface area contributed by atoms with Crippen molar-refractivity contribution < 1.29 is 9.59 Å². The zero-order valence-electron chi connectivity index (χ0n) is 14.5. The van der Waals surface area contributed by atoms with Gasteiger partial charge < -0.3 is 10.2 Å². The highest BCUT2D eigenvalue weighted by molar-refractivity contribution is 5.82. The van der Waals surface area contributed by atoms with Crippen LogP contribution in [-0.4, -0.2) is 45.6 Å². The SMILES string of the molecule is Cc1nn(-c2ccccc2)c(C)c1CC(=O)N1C[C@@H]2CC(=O)N[C@@H]2C1. The summed E-state index contributed by atoms with van der Waals surface area (Å²) in [4.78, 5) is 26.1. The summed E-state index contributed by atoms with van der Waals surface area (Å²) in [6.07, 6.45) is 0.899. The highest BCUT2D eigenvalue weighted by Crippen LogP contribution is 2.26. The Kier molecular flexibility index (Phi) is 3.82. The Balaban J connectivity index is 1.51. The molecule has 6 heteroatoms. The van der Waals surface area contributed by atoms with Gasteiger partial charge in [-0.2, -0.15) is 5.10 Å². The molecule has 0 saturated carbocycles. The second-order valence-electron chi connectivity index (χ2n) is 7.01. The highest BCUT2D eigenvalue weighted by Gasteiger charge is 2.41. The zero-order valence-corrected chi connectivity index (χ0v) is 14.5. The molecular weight excluding hydrogens is 316 g/mol. The van der Waals surface area contributed by atoms with Gasteiger partial charge in [-0.1, -0.05) is 18.2 Å². The lowest BCUT2D eigenvalue weighted by molar-refractivity contribution is -0.130. The molecule has 2 fully saturated rings. The first-order valence-electron chi connectivity index (χ1n) is 8.70. The van der Waals surface area contributed by atoms with Crippen LogP contribution < -0.4 is 5.32 Å². The Hall–Kier alpha value is -2.63. The lowest BCUT2D eigenvalue weighted by Crippen LogP contribution is -2.36. The molecule has 1 aromatic heterocycles. The Morgan fingerprint density at radius 1 is 1.24 bits per heavy atom. The number of hydrogen-bond acceptors (Lipinski definition) is 3. The van der Waals surface area contributed by atoms with Crippen LogP contribution in [0.4, 0.5) is 0 Å². The van der Waals surface area contributed by atoms with Crippen LogP contribution >= 0.6 is 0 Å². The van der Waals surface area contributed by atoms with Crippen molar-refractivity contribution >= 4 is 11.8 Å². The first-order valence-corrected chi connectivity index (χ1v) is 8.70. The maximum absolute atomic E-state index is 12.8. The predicted molar refractivity (Wildman–Crippen MR) is 93.4 cm³/mol. The van der Waals surface area contributed by atoms with E-state index in [1.807, 2.05) is 53.8 Å². The molecule has 6 nitrogen and oxygen atoms in total. The van der Waals surface area contributed by atoms with E-state index in [2.05, 4.69) is 10.4 Å². The Morgan fingerprint density at radius 2 is 2.00 bits per heavy atom. The average molecular weight is 338 g/mol. The zero-order chi connectivity index (χ0) is 17.6. The molecule has 3 heterocycles. The van der Waals surface area contributed by atoms with Crippen molar-refractivity contribution in [3.8, 4) is 5.69 Å². The van der Waals surface area contributed by atoms with E-state index < -0.39 is 0 Å². The largest absolute Gasteiger partial charge is 0.351 e. The van der Waals surface area contributed by atoms with Crippen LogP contribution in [0.25, 0.3) is 5.69 Å². The fourth-order valence-corrected chi connectivity index (χ4v) is 3.96. The molecular formula is C19H22N4O2.